The second-order valence-corrected chi connectivity index (χ2v) is 7.92. The first kappa shape index (κ1) is 16.1. The lowest BCUT2D eigenvalue weighted by molar-refractivity contribution is 0.180. The van der Waals surface area contributed by atoms with Crippen LogP contribution in [0.4, 0.5) is 0 Å². The summed E-state index contributed by atoms with van der Waals surface area (Å²) in [6, 6.07) is 11.2. The first-order chi connectivity index (χ1) is 10.9. The molecular weight excluding hydrogens is 264 g/mol. The highest BCUT2D eigenvalue weighted by molar-refractivity contribution is 5.14. The number of hydrogen-bond donors (Lipinski definition) is 0. The van der Waals surface area contributed by atoms with E-state index in [1.165, 1.54) is 83.5 Å². The summed E-state index contributed by atoms with van der Waals surface area (Å²) < 4.78 is 0. The summed E-state index contributed by atoms with van der Waals surface area (Å²) in [7, 11) is 0. The molecule has 2 aliphatic rings. The topological polar surface area (TPSA) is 0 Å². The number of hydrogen-bond acceptors (Lipinski definition) is 0. The molecule has 1 aromatic rings. The van der Waals surface area contributed by atoms with E-state index in [1.54, 1.807) is 5.56 Å². The van der Waals surface area contributed by atoms with Gasteiger partial charge < -0.3 is 0 Å². The fourth-order valence-electron chi connectivity index (χ4n) is 5.00. The van der Waals surface area contributed by atoms with Crippen molar-refractivity contribution in [3.05, 3.63) is 35.9 Å². The molecule has 0 bridgehead atoms. The van der Waals surface area contributed by atoms with Gasteiger partial charge in [0.2, 0.25) is 0 Å². The van der Waals surface area contributed by atoms with Gasteiger partial charge in [0, 0.05) is 0 Å². The van der Waals surface area contributed by atoms with Gasteiger partial charge in [0.15, 0.2) is 0 Å². The SMILES string of the molecule is c1ccc(CCC(CC2CCCCC2)C2CCCCC2)cc1. The van der Waals surface area contributed by atoms with E-state index < -0.39 is 0 Å². The van der Waals surface area contributed by atoms with E-state index in [1.807, 2.05) is 0 Å². The van der Waals surface area contributed by atoms with Gasteiger partial charge in [0.1, 0.15) is 0 Å². The average Bonchev–Trinajstić information content (AvgIpc) is 2.61. The largest absolute Gasteiger partial charge is 0.0622 e. The minimum atomic E-state index is 1.00. The van der Waals surface area contributed by atoms with Crippen molar-refractivity contribution in [1.29, 1.82) is 0 Å². The van der Waals surface area contributed by atoms with Gasteiger partial charge in [-0.3, -0.25) is 0 Å². The highest BCUT2D eigenvalue weighted by Gasteiger charge is 2.26. The van der Waals surface area contributed by atoms with Crippen molar-refractivity contribution in [2.45, 2.75) is 83.5 Å². The van der Waals surface area contributed by atoms with Gasteiger partial charge in [-0.15, -0.1) is 0 Å². The highest BCUT2D eigenvalue weighted by atomic mass is 14.3. The Kier molecular flexibility index (Phi) is 6.40. The fraction of sp³-hybridized carbons (Fsp3) is 0.727. The van der Waals surface area contributed by atoms with Crippen molar-refractivity contribution in [3.8, 4) is 0 Å². The summed E-state index contributed by atoms with van der Waals surface area (Å²) in [5.41, 5.74) is 1.55. The van der Waals surface area contributed by atoms with E-state index in [2.05, 4.69) is 30.3 Å². The van der Waals surface area contributed by atoms with Crippen LogP contribution in [0.25, 0.3) is 0 Å². The molecule has 1 aromatic carbocycles. The predicted octanol–water partition coefficient (Wildman–Crippen LogP) is 6.79. The molecule has 2 saturated carbocycles. The van der Waals surface area contributed by atoms with E-state index >= 15 is 0 Å². The molecule has 122 valence electrons. The van der Waals surface area contributed by atoms with Crippen LogP contribution in [-0.2, 0) is 6.42 Å². The Labute approximate surface area is 137 Å². The van der Waals surface area contributed by atoms with Gasteiger partial charge in [-0.1, -0.05) is 94.5 Å². The maximum absolute atomic E-state index is 2.32. The maximum atomic E-state index is 2.32. The Morgan fingerprint density at radius 1 is 0.773 bits per heavy atom. The molecule has 3 rings (SSSR count). The van der Waals surface area contributed by atoms with E-state index in [0.29, 0.717) is 0 Å². The normalized spacial score (nSPS) is 22.5. The van der Waals surface area contributed by atoms with Crippen LogP contribution in [0.15, 0.2) is 30.3 Å². The molecule has 0 N–H and O–H groups in total. The molecule has 1 unspecified atom stereocenters. The monoisotopic (exact) mass is 298 g/mol. The summed E-state index contributed by atoms with van der Waals surface area (Å²) >= 11 is 0. The first-order valence-corrected chi connectivity index (χ1v) is 9.96. The molecule has 0 aromatic heterocycles. The van der Waals surface area contributed by atoms with Crippen LogP contribution in [0.1, 0.15) is 82.6 Å². The Balaban J connectivity index is 1.57. The molecule has 0 amide bonds. The summed E-state index contributed by atoms with van der Waals surface area (Å²) in [5.74, 6) is 3.10. The molecule has 1 atom stereocenters. The molecule has 0 saturated heterocycles. The second kappa shape index (κ2) is 8.75. The third-order valence-corrected chi connectivity index (χ3v) is 6.32. The van der Waals surface area contributed by atoms with Crippen molar-refractivity contribution >= 4 is 0 Å². The minimum absolute atomic E-state index is 1.00. The third kappa shape index (κ3) is 4.86. The maximum Gasteiger partial charge on any atom is -0.0276 e. The van der Waals surface area contributed by atoms with Crippen LogP contribution in [-0.4, -0.2) is 0 Å². The lowest BCUT2D eigenvalue weighted by atomic mass is 9.72. The molecule has 0 radical (unpaired) electrons. The van der Waals surface area contributed by atoms with Crippen LogP contribution in [0, 0.1) is 17.8 Å². The van der Waals surface area contributed by atoms with E-state index in [9.17, 15) is 0 Å². The van der Waals surface area contributed by atoms with Gasteiger partial charge in [-0.2, -0.15) is 0 Å². The Morgan fingerprint density at radius 2 is 1.41 bits per heavy atom. The van der Waals surface area contributed by atoms with Crippen molar-refractivity contribution in [2.75, 3.05) is 0 Å². The molecule has 2 fully saturated rings. The van der Waals surface area contributed by atoms with Gasteiger partial charge in [-0.05, 0) is 42.6 Å². The molecule has 2 aliphatic carbocycles. The molecule has 0 aliphatic heterocycles. The molecular formula is C22H34. The Bertz CT molecular complexity index is 395. The van der Waals surface area contributed by atoms with Crippen LogP contribution >= 0.6 is 0 Å². The third-order valence-electron chi connectivity index (χ3n) is 6.32. The zero-order chi connectivity index (χ0) is 15.0. The lowest BCUT2D eigenvalue weighted by Gasteiger charge is -2.34. The van der Waals surface area contributed by atoms with Gasteiger partial charge >= 0.3 is 0 Å². The standard InChI is InChI=1S/C22H34/c1-4-10-19(11-5-1)16-17-22(21-14-8-3-9-15-21)18-20-12-6-2-7-13-20/h1,4-5,10-11,20-22H,2-3,6-9,12-18H2. The Morgan fingerprint density at radius 3 is 2.09 bits per heavy atom. The number of aryl methyl sites for hydroxylation is 1. The number of rotatable bonds is 6. The zero-order valence-electron chi connectivity index (χ0n) is 14.3. The van der Waals surface area contributed by atoms with E-state index in [-0.39, 0.29) is 0 Å². The van der Waals surface area contributed by atoms with Crippen LogP contribution in [0.5, 0.6) is 0 Å². The van der Waals surface area contributed by atoms with Gasteiger partial charge in [-0.25, -0.2) is 0 Å². The van der Waals surface area contributed by atoms with Crippen LogP contribution in [0.3, 0.4) is 0 Å². The Hall–Kier alpha value is -0.780. The predicted molar refractivity (Wildman–Crippen MR) is 96.0 cm³/mol. The number of benzene rings is 1. The summed E-state index contributed by atoms with van der Waals surface area (Å²) in [5, 5.41) is 0. The average molecular weight is 299 g/mol. The quantitative estimate of drug-likeness (QED) is 0.542. The molecule has 0 heteroatoms. The van der Waals surface area contributed by atoms with E-state index in [4.69, 9.17) is 0 Å². The van der Waals surface area contributed by atoms with Gasteiger partial charge in [0.05, 0.1) is 0 Å². The van der Waals surface area contributed by atoms with Gasteiger partial charge in [0.25, 0.3) is 0 Å². The molecule has 22 heavy (non-hydrogen) atoms. The molecule has 0 nitrogen and oxygen atoms in total. The van der Waals surface area contributed by atoms with E-state index in [0.717, 1.165) is 17.8 Å². The molecule has 0 heterocycles. The second-order valence-electron chi connectivity index (χ2n) is 7.92. The van der Waals surface area contributed by atoms with Crippen molar-refractivity contribution in [3.63, 3.8) is 0 Å². The van der Waals surface area contributed by atoms with Crippen LogP contribution in [0.2, 0.25) is 0 Å². The minimum Gasteiger partial charge on any atom is -0.0622 e. The summed E-state index contributed by atoms with van der Waals surface area (Å²) in [6.45, 7) is 0. The first-order valence-electron chi connectivity index (χ1n) is 9.96. The lowest BCUT2D eigenvalue weighted by Crippen LogP contribution is -2.22. The molecule has 0 spiro atoms. The zero-order valence-corrected chi connectivity index (χ0v) is 14.3. The van der Waals surface area contributed by atoms with Crippen molar-refractivity contribution in [1.82, 2.24) is 0 Å². The smallest absolute Gasteiger partial charge is 0.0276 e. The summed E-state index contributed by atoms with van der Waals surface area (Å²) in [6.07, 6.45) is 19.3. The highest BCUT2D eigenvalue weighted by Crippen LogP contribution is 2.39. The fourth-order valence-corrected chi connectivity index (χ4v) is 5.00. The van der Waals surface area contributed by atoms with Crippen molar-refractivity contribution in [2.24, 2.45) is 17.8 Å². The summed E-state index contributed by atoms with van der Waals surface area (Å²) in [4.78, 5) is 0. The van der Waals surface area contributed by atoms with Crippen LogP contribution < -0.4 is 0 Å². The van der Waals surface area contributed by atoms with Crippen molar-refractivity contribution < 1.29 is 0 Å².